The van der Waals surface area contributed by atoms with Crippen molar-refractivity contribution in [2.24, 2.45) is 0 Å². The first-order chi connectivity index (χ1) is 11.3. The molecule has 2 aliphatic rings. The van der Waals surface area contributed by atoms with Gasteiger partial charge in [-0.1, -0.05) is 6.07 Å². The standard InChI is InChI=1S/C17H17BrN4O2/c1-8(2)22-15-11(7-19-22)17(6-13(23)20-15)10-4-9(3)5-12(18)14(10)21-16(17)24/h4-5,7-8H,6H2,1-3H3,(H,20,23)(H,21,24)/t17-/m1/s1. The van der Waals surface area contributed by atoms with Crippen LogP contribution in [0.3, 0.4) is 0 Å². The fraction of sp³-hybridized carbons (Fsp3) is 0.353. The predicted octanol–water partition coefficient (Wildman–Crippen LogP) is 3.12. The molecule has 0 saturated carbocycles. The summed E-state index contributed by atoms with van der Waals surface area (Å²) in [4.78, 5) is 25.5. The third-order valence-corrected chi connectivity index (χ3v) is 5.37. The van der Waals surface area contributed by atoms with E-state index < -0.39 is 5.41 Å². The van der Waals surface area contributed by atoms with Crippen LogP contribution >= 0.6 is 15.9 Å². The van der Waals surface area contributed by atoms with Crippen LogP contribution in [0.1, 0.15) is 43.0 Å². The van der Waals surface area contributed by atoms with Crippen molar-refractivity contribution in [2.45, 2.75) is 38.6 Å². The van der Waals surface area contributed by atoms with Crippen LogP contribution in [0, 0.1) is 6.92 Å². The van der Waals surface area contributed by atoms with Crippen molar-refractivity contribution in [2.75, 3.05) is 10.6 Å². The number of carbonyl (C=O) groups excluding carboxylic acids is 2. The molecule has 2 aliphatic heterocycles. The first-order valence-corrected chi connectivity index (χ1v) is 8.64. The van der Waals surface area contributed by atoms with Crippen LogP contribution in [0.25, 0.3) is 0 Å². The van der Waals surface area contributed by atoms with Crippen molar-refractivity contribution in [1.29, 1.82) is 0 Å². The monoisotopic (exact) mass is 388 g/mol. The van der Waals surface area contributed by atoms with E-state index in [1.54, 1.807) is 10.9 Å². The summed E-state index contributed by atoms with van der Waals surface area (Å²) in [6.45, 7) is 5.96. The number of rotatable bonds is 1. The molecule has 2 N–H and O–H groups in total. The Balaban J connectivity index is 2.04. The number of aromatic nitrogens is 2. The van der Waals surface area contributed by atoms with Gasteiger partial charge in [0.1, 0.15) is 11.2 Å². The summed E-state index contributed by atoms with van der Waals surface area (Å²) >= 11 is 3.52. The van der Waals surface area contributed by atoms with Crippen LogP contribution in [0.2, 0.25) is 0 Å². The zero-order valence-electron chi connectivity index (χ0n) is 13.6. The third kappa shape index (κ3) is 1.84. The molecule has 7 heteroatoms. The van der Waals surface area contributed by atoms with Crippen molar-refractivity contribution in [3.8, 4) is 0 Å². The summed E-state index contributed by atoms with van der Waals surface area (Å²) in [5, 5.41) is 10.3. The summed E-state index contributed by atoms with van der Waals surface area (Å²) in [7, 11) is 0. The van der Waals surface area contributed by atoms with Crippen LogP contribution in [0.4, 0.5) is 11.5 Å². The summed E-state index contributed by atoms with van der Waals surface area (Å²) in [6, 6.07) is 4.02. The van der Waals surface area contributed by atoms with E-state index in [4.69, 9.17) is 0 Å². The number of hydrogen-bond donors (Lipinski definition) is 2. The van der Waals surface area contributed by atoms with Gasteiger partial charge in [0.25, 0.3) is 0 Å². The molecule has 0 radical (unpaired) electrons. The number of nitrogens with zero attached hydrogens (tertiary/aromatic N) is 2. The van der Waals surface area contributed by atoms with Crippen LogP contribution in [-0.2, 0) is 15.0 Å². The van der Waals surface area contributed by atoms with Crippen molar-refractivity contribution in [3.63, 3.8) is 0 Å². The summed E-state index contributed by atoms with van der Waals surface area (Å²) in [5.41, 5.74) is 2.33. The summed E-state index contributed by atoms with van der Waals surface area (Å²) < 4.78 is 2.58. The van der Waals surface area contributed by atoms with Crippen molar-refractivity contribution in [3.05, 3.63) is 39.5 Å². The molecular weight excluding hydrogens is 372 g/mol. The molecule has 124 valence electrons. The van der Waals surface area contributed by atoms with Crippen LogP contribution < -0.4 is 10.6 Å². The number of fused-ring (bicyclic) bond motifs is 4. The molecule has 0 unspecified atom stereocenters. The molecule has 1 aromatic carbocycles. The molecule has 1 atom stereocenters. The Bertz CT molecular complexity index is 902. The van der Waals surface area contributed by atoms with Gasteiger partial charge >= 0.3 is 0 Å². The number of aryl methyl sites for hydroxylation is 1. The fourth-order valence-corrected chi connectivity index (χ4v) is 4.37. The Morgan fingerprint density at radius 3 is 2.71 bits per heavy atom. The largest absolute Gasteiger partial charge is 0.324 e. The molecular formula is C17H17BrN4O2. The van der Waals surface area contributed by atoms with Crippen molar-refractivity contribution in [1.82, 2.24) is 9.78 Å². The molecule has 1 spiro atoms. The lowest BCUT2D eigenvalue weighted by atomic mass is 9.71. The van der Waals surface area contributed by atoms with E-state index in [9.17, 15) is 9.59 Å². The molecule has 0 aliphatic carbocycles. The van der Waals surface area contributed by atoms with E-state index in [2.05, 4.69) is 31.7 Å². The molecule has 3 heterocycles. The van der Waals surface area contributed by atoms with E-state index in [1.165, 1.54) is 0 Å². The lowest BCUT2D eigenvalue weighted by molar-refractivity contribution is -0.125. The van der Waals surface area contributed by atoms with Crippen LogP contribution in [0.15, 0.2) is 22.8 Å². The fourth-order valence-electron chi connectivity index (χ4n) is 3.69. The van der Waals surface area contributed by atoms with Gasteiger partial charge in [0.15, 0.2) is 0 Å². The quantitative estimate of drug-likeness (QED) is 0.787. The van der Waals surface area contributed by atoms with Gasteiger partial charge < -0.3 is 10.6 Å². The minimum Gasteiger partial charge on any atom is -0.324 e. The molecule has 2 amide bonds. The van der Waals surface area contributed by atoms with Crippen LogP contribution in [-0.4, -0.2) is 21.6 Å². The highest BCUT2D eigenvalue weighted by molar-refractivity contribution is 9.10. The summed E-state index contributed by atoms with van der Waals surface area (Å²) in [5.74, 6) is 0.260. The van der Waals surface area contributed by atoms with Gasteiger partial charge in [-0.15, -0.1) is 0 Å². The highest BCUT2D eigenvalue weighted by Gasteiger charge is 2.54. The average molecular weight is 389 g/mol. The number of benzene rings is 1. The summed E-state index contributed by atoms with van der Waals surface area (Å²) in [6.07, 6.45) is 1.79. The SMILES string of the molecule is Cc1cc(Br)c2c(c1)[C@@]1(CC(=O)Nc3c1cnn3C(C)C)C(=O)N2. The predicted molar refractivity (Wildman–Crippen MR) is 94.1 cm³/mol. The van der Waals surface area contributed by atoms with Gasteiger partial charge in [-0.25, -0.2) is 4.68 Å². The van der Waals surface area contributed by atoms with Gasteiger partial charge in [0.2, 0.25) is 11.8 Å². The molecule has 1 aromatic heterocycles. The first-order valence-electron chi connectivity index (χ1n) is 7.84. The normalized spacial score (nSPS) is 21.7. The molecule has 0 fully saturated rings. The highest BCUT2D eigenvalue weighted by atomic mass is 79.9. The number of carbonyl (C=O) groups is 2. The van der Waals surface area contributed by atoms with E-state index in [1.807, 2.05) is 32.9 Å². The number of nitrogens with one attached hydrogen (secondary N) is 2. The van der Waals surface area contributed by atoms with Gasteiger partial charge in [0.05, 0.1) is 11.9 Å². The second-order valence-electron chi connectivity index (χ2n) is 6.70. The molecule has 24 heavy (non-hydrogen) atoms. The average Bonchev–Trinajstić information content (AvgIpc) is 3.02. The van der Waals surface area contributed by atoms with Gasteiger partial charge in [-0.3, -0.25) is 9.59 Å². The van der Waals surface area contributed by atoms with E-state index in [0.29, 0.717) is 5.82 Å². The Morgan fingerprint density at radius 1 is 1.25 bits per heavy atom. The third-order valence-electron chi connectivity index (χ3n) is 4.75. The molecule has 0 bridgehead atoms. The lowest BCUT2D eigenvalue weighted by Crippen LogP contribution is -2.43. The smallest absolute Gasteiger partial charge is 0.240 e. The Hall–Kier alpha value is -2.15. The topological polar surface area (TPSA) is 76.0 Å². The molecule has 6 nitrogen and oxygen atoms in total. The van der Waals surface area contributed by atoms with Gasteiger partial charge in [-0.2, -0.15) is 5.10 Å². The molecule has 4 rings (SSSR count). The zero-order chi connectivity index (χ0) is 17.2. The van der Waals surface area contributed by atoms with Gasteiger partial charge in [0, 0.05) is 22.5 Å². The molecule has 0 saturated heterocycles. The van der Waals surface area contributed by atoms with E-state index in [-0.39, 0.29) is 24.3 Å². The molecule has 2 aromatic rings. The maximum Gasteiger partial charge on any atom is 0.240 e. The van der Waals surface area contributed by atoms with Crippen molar-refractivity contribution >= 4 is 39.2 Å². The zero-order valence-corrected chi connectivity index (χ0v) is 15.2. The second kappa shape index (κ2) is 4.92. The Kier molecular flexibility index (Phi) is 3.16. The number of hydrogen-bond acceptors (Lipinski definition) is 3. The maximum atomic E-state index is 13.0. The number of halogens is 1. The van der Waals surface area contributed by atoms with E-state index >= 15 is 0 Å². The number of anilines is 2. The van der Waals surface area contributed by atoms with Gasteiger partial charge in [-0.05, 0) is 53.9 Å². The highest BCUT2D eigenvalue weighted by Crippen LogP contribution is 2.52. The second-order valence-corrected chi connectivity index (χ2v) is 7.55. The van der Waals surface area contributed by atoms with Crippen molar-refractivity contribution < 1.29 is 9.59 Å². The van der Waals surface area contributed by atoms with Crippen LogP contribution in [0.5, 0.6) is 0 Å². The van der Waals surface area contributed by atoms with E-state index in [0.717, 1.165) is 26.9 Å². The first kappa shape index (κ1) is 15.4. The minimum atomic E-state index is -1.02. The Morgan fingerprint density at radius 2 is 2.00 bits per heavy atom. The Labute approximate surface area is 147 Å². The lowest BCUT2D eigenvalue weighted by Gasteiger charge is -2.32. The minimum absolute atomic E-state index is 0.0809. The number of amides is 2. The maximum absolute atomic E-state index is 13.0.